The van der Waals surface area contributed by atoms with Gasteiger partial charge in [0, 0.05) is 47.3 Å². The number of anilines is 3. The lowest BCUT2D eigenvalue weighted by Crippen LogP contribution is -2.09. The minimum atomic E-state index is 0.124. The molecule has 3 rings (SSSR count). The number of rotatable bonds is 7. The van der Waals surface area contributed by atoms with Crippen LogP contribution >= 0.6 is 15.9 Å². The zero-order valence-corrected chi connectivity index (χ0v) is 16.0. The molecule has 0 aliphatic rings. The molecule has 0 atom stereocenters. The third-order valence-corrected chi connectivity index (χ3v) is 4.25. The summed E-state index contributed by atoms with van der Waals surface area (Å²) in [5.41, 5.74) is 3.77. The van der Waals surface area contributed by atoms with Gasteiger partial charge in [-0.25, -0.2) is 4.98 Å². The van der Waals surface area contributed by atoms with E-state index in [0.29, 0.717) is 24.7 Å². The molecule has 0 fully saturated rings. The summed E-state index contributed by atoms with van der Waals surface area (Å²) in [6.07, 6.45) is 4.14. The van der Waals surface area contributed by atoms with Crippen molar-refractivity contribution in [3.05, 3.63) is 58.8 Å². The maximum Gasteiger partial charge on any atom is 0.225 e. The molecule has 0 unspecified atom stereocenters. The number of pyridine rings is 1. The van der Waals surface area contributed by atoms with Gasteiger partial charge in [-0.05, 0) is 49.2 Å². The molecule has 0 radical (unpaired) electrons. The van der Waals surface area contributed by atoms with Gasteiger partial charge in [0.05, 0.1) is 5.69 Å². The Balaban J connectivity index is 1.93. The molecule has 1 aromatic carbocycles. The average molecular weight is 414 g/mol. The van der Waals surface area contributed by atoms with Gasteiger partial charge in [-0.15, -0.1) is 0 Å². The molecule has 2 heterocycles. The van der Waals surface area contributed by atoms with Gasteiger partial charge < -0.3 is 15.7 Å². The van der Waals surface area contributed by atoms with E-state index >= 15 is 0 Å². The number of benzene rings is 1. The number of nitrogens with zero attached hydrogens (tertiary/aromatic N) is 3. The third kappa shape index (κ3) is 4.77. The van der Waals surface area contributed by atoms with Gasteiger partial charge in [0.25, 0.3) is 0 Å². The first kappa shape index (κ1) is 18.3. The van der Waals surface area contributed by atoms with Gasteiger partial charge in [0.1, 0.15) is 5.82 Å². The molecule has 0 aliphatic carbocycles. The SMILES string of the molecule is Cc1cc(Br)ccc1Nc1cc(-c2cccnc2)nc(NCCCO)n1. The average Bonchev–Trinajstić information content (AvgIpc) is 2.65. The maximum atomic E-state index is 8.97. The Hall–Kier alpha value is -2.51. The highest BCUT2D eigenvalue weighted by atomic mass is 79.9. The van der Waals surface area contributed by atoms with Crippen LogP contribution in [-0.4, -0.2) is 33.2 Å². The molecule has 0 spiro atoms. The van der Waals surface area contributed by atoms with Crippen molar-refractivity contribution in [3.8, 4) is 11.3 Å². The second-order valence-corrected chi connectivity index (χ2v) is 6.71. The molecule has 7 heteroatoms. The van der Waals surface area contributed by atoms with Gasteiger partial charge in [-0.2, -0.15) is 4.98 Å². The molecule has 0 bridgehead atoms. The molecular formula is C19H20BrN5O. The molecule has 26 heavy (non-hydrogen) atoms. The number of halogens is 1. The lowest BCUT2D eigenvalue weighted by atomic mass is 10.2. The number of aryl methyl sites for hydroxylation is 1. The standard InChI is InChI=1S/C19H20BrN5O/c1-13-10-15(20)5-6-16(13)23-18-11-17(14-4-2-7-21-12-14)24-19(25-18)22-8-3-9-26/h2,4-7,10-12,26H,3,8-9H2,1H3,(H2,22,23,24,25). The summed E-state index contributed by atoms with van der Waals surface area (Å²) in [4.78, 5) is 13.3. The predicted octanol–water partition coefficient (Wildman–Crippen LogP) is 4.15. The summed E-state index contributed by atoms with van der Waals surface area (Å²) in [6.45, 7) is 2.76. The number of aromatic nitrogens is 3. The van der Waals surface area contributed by atoms with Crippen LogP contribution in [0.5, 0.6) is 0 Å². The Morgan fingerprint density at radius 3 is 2.77 bits per heavy atom. The predicted molar refractivity (Wildman–Crippen MR) is 108 cm³/mol. The van der Waals surface area contributed by atoms with E-state index in [1.165, 1.54) is 0 Å². The number of aliphatic hydroxyl groups is 1. The molecule has 3 N–H and O–H groups in total. The van der Waals surface area contributed by atoms with Gasteiger partial charge in [0.15, 0.2) is 0 Å². The highest BCUT2D eigenvalue weighted by molar-refractivity contribution is 9.10. The van der Waals surface area contributed by atoms with Crippen molar-refractivity contribution in [2.45, 2.75) is 13.3 Å². The van der Waals surface area contributed by atoms with E-state index in [1.807, 2.05) is 43.3 Å². The number of aliphatic hydroxyl groups excluding tert-OH is 1. The highest BCUT2D eigenvalue weighted by Gasteiger charge is 2.08. The van der Waals surface area contributed by atoms with Crippen molar-refractivity contribution in [1.82, 2.24) is 15.0 Å². The lowest BCUT2D eigenvalue weighted by Gasteiger charge is -2.13. The molecule has 6 nitrogen and oxygen atoms in total. The van der Waals surface area contributed by atoms with Crippen molar-refractivity contribution in [1.29, 1.82) is 0 Å². The van der Waals surface area contributed by atoms with E-state index in [2.05, 4.69) is 41.5 Å². The van der Waals surface area contributed by atoms with E-state index in [-0.39, 0.29) is 6.61 Å². The number of hydrogen-bond acceptors (Lipinski definition) is 6. The van der Waals surface area contributed by atoms with Crippen molar-refractivity contribution < 1.29 is 5.11 Å². The summed E-state index contributed by atoms with van der Waals surface area (Å²) in [6, 6.07) is 11.8. The number of hydrogen-bond donors (Lipinski definition) is 3. The molecule has 3 aromatic rings. The van der Waals surface area contributed by atoms with Crippen LogP contribution in [0.25, 0.3) is 11.3 Å². The van der Waals surface area contributed by atoms with E-state index in [1.54, 1.807) is 12.4 Å². The Morgan fingerprint density at radius 1 is 1.15 bits per heavy atom. The van der Waals surface area contributed by atoms with Gasteiger partial charge in [-0.1, -0.05) is 15.9 Å². The van der Waals surface area contributed by atoms with Crippen molar-refractivity contribution in [2.24, 2.45) is 0 Å². The topological polar surface area (TPSA) is 83.0 Å². The first-order valence-electron chi connectivity index (χ1n) is 8.33. The van der Waals surface area contributed by atoms with Crippen molar-refractivity contribution in [2.75, 3.05) is 23.8 Å². The minimum Gasteiger partial charge on any atom is -0.396 e. The van der Waals surface area contributed by atoms with Crippen LogP contribution in [0.3, 0.4) is 0 Å². The van der Waals surface area contributed by atoms with Crippen molar-refractivity contribution >= 4 is 33.4 Å². The first-order chi connectivity index (χ1) is 12.7. The quantitative estimate of drug-likeness (QED) is 0.504. The highest BCUT2D eigenvalue weighted by Crippen LogP contribution is 2.26. The summed E-state index contributed by atoms with van der Waals surface area (Å²) < 4.78 is 1.03. The second-order valence-electron chi connectivity index (χ2n) is 5.79. The minimum absolute atomic E-state index is 0.124. The lowest BCUT2D eigenvalue weighted by molar-refractivity contribution is 0.292. The molecule has 0 saturated carbocycles. The fourth-order valence-corrected chi connectivity index (χ4v) is 2.91. The van der Waals surface area contributed by atoms with Crippen LogP contribution in [0.4, 0.5) is 17.5 Å². The summed E-state index contributed by atoms with van der Waals surface area (Å²) >= 11 is 3.48. The zero-order valence-electron chi connectivity index (χ0n) is 14.4. The number of nitrogens with one attached hydrogen (secondary N) is 2. The Bertz CT molecular complexity index is 873. The monoisotopic (exact) mass is 413 g/mol. The first-order valence-corrected chi connectivity index (χ1v) is 9.12. The van der Waals surface area contributed by atoms with Gasteiger partial charge >= 0.3 is 0 Å². The Labute approximate surface area is 160 Å². The van der Waals surface area contributed by atoms with Crippen LogP contribution in [0, 0.1) is 6.92 Å². The fourth-order valence-electron chi connectivity index (χ4n) is 2.44. The second kappa shape index (κ2) is 8.73. The zero-order chi connectivity index (χ0) is 18.4. The largest absolute Gasteiger partial charge is 0.396 e. The molecule has 0 aliphatic heterocycles. The maximum absolute atomic E-state index is 8.97. The van der Waals surface area contributed by atoms with E-state index < -0.39 is 0 Å². The summed E-state index contributed by atoms with van der Waals surface area (Å²) in [5.74, 6) is 1.20. The van der Waals surface area contributed by atoms with Crippen LogP contribution in [0.2, 0.25) is 0 Å². The third-order valence-electron chi connectivity index (χ3n) is 3.75. The molecule has 0 amide bonds. The van der Waals surface area contributed by atoms with Crippen LogP contribution in [-0.2, 0) is 0 Å². The molecule has 0 saturated heterocycles. The van der Waals surface area contributed by atoms with E-state index in [9.17, 15) is 0 Å². The van der Waals surface area contributed by atoms with Crippen LogP contribution < -0.4 is 10.6 Å². The molecule has 134 valence electrons. The Morgan fingerprint density at radius 2 is 2.04 bits per heavy atom. The molecular weight excluding hydrogens is 394 g/mol. The van der Waals surface area contributed by atoms with Gasteiger partial charge in [0.2, 0.25) is 5.95 Å². The fraction of sp³-hybridized carbons (Fsp3) is 0.211. The Kier molecular flexibility index (Phi) is 6.14. The van der Waals surface area contributed by atoms with E-state index in [4.69, 9.17) is 5.11 Å². The van der Waals surface area contributed by atoms with Gasteiger partial charge in [-0.3, -0.25) is 4.98 Å². The summed E-state index contributed by atoms with van der Waals surface area (Å²) in [7, 11) is 0. The van der Waals surface area contributed by atoms with Crippen LogP contribution in [0.1, 0.15) is 12.0 Å². The van der Waals surface area contributed by atoms with E-state index in [0.717, 1.165) is 27.0 Å². The normalized spacial score (nSPS) is 10.6. The van der Waals surface area contributed by atoms with Crippen molar-refractivity contribution in [3.63, 3.8) is 0 Å². The van der Waals surface area contributed by atoms with Crippen LogP contribution in [0.15, 0.2) is 53.3 Å². The smallest absolute Gasteiger partial charge is 0.225 e. The summed E-state index contributed by atoms with van der Waals surface area (Å²) in [5, 5.41) is 15.5. The molecule has 2 aromatic heterocycles.